The topological polar surface area (TPSA) is 17.6 Å². The van der Waals surface area contributed by atoms with E-state index >= 15 is 0 Å². The van der Waals surface area contributed by atoms with Gasteiger partial charge in [0.2, 0.25) is 0 Å². The molecule has 4 nitrogen and oxygen atoms in total. The van der Waals surface area contributed by atoms with Gasteiger partial charge in [0.25, 0.3) is 0 Å². The number of benzene rings is 8. The Morgan fingerprint density at radius 3 is 1.08 bits per heavy atom. The molecule has 0 N–H and O–H groups in total. The van der Waals surface area contributed by atoms with Gasteiger partial charge in [-0.25, -0.2) is 0 Å². The van der Waals surface area contributed by atoms with Crippen molar-refractivity contribution in [2.75, 3.05) is 0 Å². The first-order valence-corrected chi connectivity index (χ1v) is 20.6. The molecule has 0 aliphatic heterocycles. The maximum absolute atomic E-state index is 3.93. The van der Waals surface area contributed by atoms with Crippen molar-refractivity contribution in [2.45, 2.75) is 6.92 Å². The van der Waals surface area contributed by atoms with E-state index in [1.54, 1.807) is 0 Å². The molecule has 0 fully saturated rings. The third-order valence-electron chi connectivity index (χ3n) is 14.4. The van der Waals surface area contributed by atoms with Crippen LogP contribution >= 0.6 is 0 Å². The van der Waals surface area contributed by atoms with Crippen LogP contribution < -0.4 is 0 Å². The standard InChI is InChI=1S/C55H30N4/c1-3-4-11-29-28(2)56-46-22-40-35-17-9-19-37-43-27-51-44(26-50(43)58(54(35)37)48(40)23-39(46)33-15-7-13-31(29)52(33)56)38-20-10-18-36-42-24-47-41(25-49(42)59(51)55(36)38)34-16-8-14-32-30-12-5-6-21-45(30)57(47)53(32)34/h3-27H,1H2,2H3/b11-4-. The van der Waals surface area contributed by atoms with E-state index in [4.69, 9.17) is 0 Å². The van der Waals surface area contributed by atoms with Gasteiger partial charge in [-0.2, -0.15) is 0 Å². The summed E-state index contributed by atoms with van der Waals surface area (Å²) in [5.41, 5.74) is 16.6. The Kier molecular flexibility index (Phi) is 4.73. The summed E-state index contributed by atoms with van der Waals surface area (Å²) in [6.07, 6.45) is 6.11. The zero-order valence-electron chi connectivity index (χ0n) is 31.9. The van der Waals surface area contributed by atoms with Crippen molar-refractivity contribution in [3.63, 3.8) is 0 Å². The smallest absolute Gasteiger partial charge is 0.0620 e. The summed E-state index contributed by atoms with van der Waals surface area (Å²) in [6, 6.07) is 51.1. The Morgan fingerprint density at radius 2 is 0.661 bits per heavy atom. The van der Waals surface area contributed by atoms with Gasteiger partial charge in [0.1, 0.15) is 0 Å². The monoisotopic (exact) mass is 746 g/mol. The third kappa shape index (κ3) is 3.06. The van der Waals surface area contributed by atoms with Crippen molar-refractivity contribution in [1.29, 1.82) is 0 Å². The quantitative estimate of drug-likeness (QED) is 0.157. The zero-order valence-corrected chi connectivity index (χ0v) is 31.9. The molecule has 8 heterocycles. The van der Waals surface area contributed by atoms with Crippen LogP contribution in [0.1, 0.15) is 11.3 Å². The van der Waals surface area contributed by atoms with Crippen molar-refractivity contribution in [1.82, 2.24) is 17.6 Å². The summed E-state index contributed by atoms with van der Waals surface area (Å²) in [5.74, 6) is 0. The predicted octanol–water partition coefficient (Wildman–Crippen LogP) is 14.6. The van der Waals surface area contributed by atoms with E-state index in [0.717, 1.165) is 0 Å². The van der Waals surface area contributed by atoms with Crippen molar-refractivity contribution in [2.24, 2.45) is 0 Å². The summed E-state index contributed by atoms with van der Waals surface area (Å²) in [5, 5.41) is 19.5. The molecule has 0 radical (unpaired) electrons. The minimum atomic E-state index is 1.26. The highest BCUT2D eigenvalue weighted by Gasteiger charge is 2.26. The summed E-state index contributed by atoms with van der Waals surface area (Å²) >= 11 is 0. The van der Waals surface area contributed by atoms with E-state index in [0.29, 0.717) is 0 Å². The van der Waals surface area contributed by atoms with Crippen LogP contribution in [0.4, 0.5) is 0 Å². The zero-order chi connectivity index (χ0) is 38.2. The van der Waals surface area contributed by atoms with Gasteiger partial charge in [-0.05, 0) is 49.4 Å². The van der Waals surface area contributed by atoms with Crippen molar-refractivity contribution < 1.29 is 0 Å². The maximum atomic E-state index is 3.93. The van der Waals surface area contributed by atoms with Crippen molar-refractivity contribution >= 4 is 148 Å². The number of para-hydroxylation sites is 5. The van der Waals surface area contributed by atoms with Gasteiger partial charge < -0.3 is 17.6 Å². The highest BCUT2D eigenvalue weighted by Crippen LogP contribution is 2.48. The van der Waals surface area contributed by atoms with E-state index in [2.05, 4.69) is 171 Å². The van der Waals surface area contributed by atoms with Crippen LogP contribution in [0.15, 0.2) is 152 Å². The number of hydrogen-bond donors (Lipinski definition) is 0. The molecule has 0 atom stereocenters. The van der Waals surface area contributed by atoms with Crippen LogP contribution in [-0.4, -0.2) is 17.6 Å². The van der Waals surface area contributed by atoms with Gasteiger partial charge in [-0.1, -0.05) is 116 Å². The summed E-state index contributed by atoms with van der Waals surface area (Å²) in [4.78, 5) is 0. The van der Waals surface area contributed by atoms with Crippen LogP contribution in [0.3, 0.4) is 0 Å². The van der Waals surface area contributed by atoms with Gasteiger partial charge in [-0.3, -0.25) is 0 Å². The Morgan fingerprint density at radius 1 is 0.339 bits per heavy atom. The Bertz CT molecular complexity index is 4620. The average molecular weight is 747 g/mol. The van der Waals surface area contributed by atoms with Gasteiger partial charge in [0.15, 0.2) is 0 Å². The number of fused-ring (bicyclic) bond motifs is 21. The highest BCUT2D eigenvalue weighted by molar-refractivity contribution is 6.32. The van der Waals surface area contributed by atoms with Crippen LogP contribution in [0, 0.1) is 6.92 Å². The van der Waals surface area contributed by atoms with E-state index in [1.807, 2.05) is 12.2 Å². The first-order valence-electron chi connectivity index (χ1n) is 20.6. The molecule has 270 valence electrons. The number of allylic oxidation sites excluding steroid dienone is 2. The first kappa shape index (κ1) is 29.4. The normalized spacial score (nSPS) is 13.5. The van der Waals surface area contributed by atoms with E-state index in [-0.39, 0.29) is 0 Å². The summed E-state index contributed by atoms with van der Waals surface area (Å²) in [6.45, 7) is 6.18. The molecular weight excluding hydrogens is 717 g/mol. The van der Waals surface area contributed by atoms with E-state index < -0.39 is 0 Å². The van der Waals surface area contributed by atoms with Gasteiger partial charge in [-0.15, -0.1) is 0 Å². The first-order chi connectivity index (χ1) is 29.2. The van der Waals surface area contributed by atoms with Gasteiger partial charge in [0.05, 0.1) is 60.7 Å². The van der Waals surface area contributed by atoms with Crippen molar-refractivity contribution in [3.05, 3.63) is 163 Å². The molecule has 0 saturated carbocycles. The second kappa shape index (κ2) is 9.47. The van der Waals surface area contributed by atoms with Crippen LogP contribution in [-0.2, 0) is 0 Å². The lowest BCUT2D eigenvalue weighted by molar-refractivity contribution is 1.18. The minimum absolute atomic E-state index is 1.26. The highest BCUT2D eigenvalue weighted by atomic mass is 15.0. The molecule has 8 aromatic heterocycles. The average Bonchev–Trinajstić information content (AvgIpc) is 4.15. The largest absolute Gasteiger partial charge is 0.312 e. The lowest BCUT2D eigenvalue weighted by atomic mass is 10.0. The van der Waals surface area contributed by atoms with Crippen LogP contribution in [0.25, 0.3) is 148 Å². The second-order valence-corrected chi connectivity index (χ2v) is 16.9. The molecular formula is C55H30N4. The second-order valence-electron chi connectivity index (χ2n) is 16.9. The molecule has 0 bridgehead atoms. The van der Waals surface area contributed by atoms with Crippen LogP contribution in [0.5, 0.6) is 0 Å². The fourth-order valence-corrected chi connectivity index (χ4v) is 12.2. The summed E-state index contributed by atoms with van der Waals surface area (Å²) < 4.78 is 10.1. The Hall–Kier alpha value is -7.82. The molecule has 0 amide bonds. The number of aryl methyl sites for hydroxylation is 1. The molecule has 16 rings (SSSR count). The van der Waals surface area contributed by atoms with Crippen LogP contribution in [0.2, 0.25) is 0 Å². The van der Waals surface area contributed by atoms with E-state index in [1.165, 1.54) is 153 Å². The molecule has 8 aromatic carbocycles. The fourth-order valence-electron chi connectivity index (χ4n) is 12.2. The minimum Gasteiger partial charge on any atom is -0.312 e. The fraction of sp³-hybridized carbons (Fsp3) is 0.0182. The molecule has 0 aliphatic carbocycles. The Balaban J connectivity index is 1.04. The molecule has 0 saturated heterocycles. The van der Waals surface area contributed by atoms with Crippen molar-refractivity contribution in [3.8, 4) is 0 Å². The molecule has 16 aromatic rings. The lowest BCUT2D eigenvalue weighted by Gasteiger charge is -2.04. The number of rotatable bonds is 2. The van der Waals surface area contributed by atoms with Gasteiger partial charge in [0, 0.05) is 92.1 Å². The Labute approximate surface area is 334 Å². The molecule has 0 aliphatic rings. The molecule has 0 spiro atoms. The predicted molar refractivity (Wildman–Crippen MR) is 252 cm³/mol. The summed E-state index contributed by atoms with van der Waals surface area (Å²) in [7, 11) is 0. The number of nitrogens with zero attached hydrogens (tertiary/aromatic N) is 4. The number of aromatic nitrogens is 4. The maximum Gasteiger partial charge on any atom is 0.0620 e. The SMILES string of the molecule is C=C/C=C\c1c(C)n2c3cc4c5cccc6c7cc8c(cc7n(c4cc3c3cccc1c32)c56)c1cccc2c3cc4c(cc3n8c21)c1cccc2c3ccccc3n4c21. The van der Waals surface area contributed by atoms with E-state index in [9.17, 15) is 0 Å². The number of hydrogen-bond acceptors (Lipinski definition) is 0. The molecule has 0 unspecified atom stereocenters. The lowest BCUT2D eigenvalue weighted by Crippen LogP contribution is -1.86. The molecule has 4 heteroatoms. The molecule has 59 heavy (non-hydrogen) atoms. The third-order valence-corrected chi connectivity index (χ3v) is 14.4. The van der Waals surface area contributed by atoms with Gasteiger partial charge >= 0.3 is 0 Å².